The third kappa shape index (κ3) is 6.44. The number of carbonyl (C=O) groups is 2. The third-order valence-corrected chi connectivity index (χ3v) is 9.04. The first kappa shape index (κ1) is 28.8. The van der Waals surface area contributed by atoms with Gasteiger partial charge in [0.25, 0.3) is 0 Å². The van der Waals surface area contributed by atoms with Gasteiger partial charge in [-0.2, -0.15) is 0 Å². The topological polar surface area (TPSA) is 52.6 Å². The average molecular weight is 549 g/mol. The normalized spacial score (nSPS) is 24.2. The van der Waals surface area contributed by atoms with Gasteiger partial charge in [-0.25, -0.2) is 0 Å². The molecule has 1 aliphatic carbocycles. The van der Waals surface area contributed by atoms with Crippen molar-refractivity contribution in [2.24, 2.45) is 11.8 Å². The lowest BCUT2D eigenvalue weighted by Crippen LogP contribution is -2.39. The molecule has 1 unspecified atom stereocenters. The fourth-order valence-electron chi connectivity index (χ4n) is 6.63. The van der Waals surface area contributed by atoms with Gasteiger partial charge in [-0.3, -0.25) is 9.59 Å². The van der Waals surface area contributed by atoms with Gasteiger partial charge in [0.05, 0.1) is 19.8 Å². The highest BCUT2D eigenvalue weighted by atomic mass is 16.5. The number of rotatable bonds is 12. The number of hydrogen-bond acceptors (Lipinski definition) is 4. The lowest BCUT2D eigenvalue weighted by atomic mass is 9.69. The summed E-state index contributed by atoms with van der Waals surface area (Å²) in [6, 6.07) is 29.4. The second-order valence-corrected chi connectivity index (χ2v) is 11.4. The van der Waals surface area contributed by atoms with Crippen LogP contribution >= 0.6 is 0 Å². The predicted octanol–water partition coefficient (Wildman–Crippen LogP) is 7.84. The van der Waals surface area contributed by atoms with Crippen molar-refractivity contribution in [2.45, 2.75) is 56.5 Å². The van der Waals surface area contributed by atoms with Gasteiger partial charge in [0.2, 0.25) is 0 Å². The molecular formula is C37H40O4. The predicted molar refractivity (Wildman–Crippen MR) is 164 cm³/mol. The summed E-state index contributed by atoms with van der Waals surface area (Å²) in [6.45, 7) is 2.67. The Labute approximate surface area is 244 Å². The molecule has 41 heavy (non-hydrogen) atoms. The van der Waals surface area contributed by atoms with E-state index in [4.69, 9.17) is 9.47 Å². The van der Waals surface area contributed by atoms with E-state index in [0.29, 0.717) is 18.9 Å². The minimum atomic E-state index is -0.181. The van der Waals surface area contributed by atoms with Crippen molar-refractivity contribution in [2.75, 3.05) is 13.7 Å². The van der Waals surface area contributed by atoms with Crippen LogP contribution in [0.15, 0.2) is 109 Å². The molecule has 3 aromatic rings. The average Bonchev–Trinajstić information content (AvgIpc) is 3.60. The maximum atomic E-state index is 13.2. The van der Waals surface area contributed by atoms with Gasteiger partial charge in [0.1, 0.15) is 0 Å². The SMILES string of the molecule is COC(=O)CCC/C=C\C[C@H]1[C@H](/C=C/C(=O)C(C)c2ccccc2)[C@@H]2C[C@@]1(c1ccc(-c3ccccc3)cc1)CO2. The number of ether oxygens (including phenoxy) is 2. The van der Waals surface area contributed by atoms with Crippen LogP contribution in [0, 0.1) is 11.8 Å². The molecular weight excluding hydrogens is 508 g/mol. The molecule has 0 N–H and O–H groups in total. The van der Waals surface area contributed by atoms with Gasteiger partial charge in [-0.05, 0) is 59.9 Å². The number of methoxy groups -OCH3 is 1. The Hall–Kier alpha value is -3.76. The van der Waals surface area contributed by atoms with E-state index in [-0.39, 0.29) is 35.1 Å². The van der Waals surface area contributed by atoms with Crippen molar-refractivity contribution in [1.82, 2.24) is 0 Å². The molecule has 2 bridgehead atoms. The van der Waals surface area contributed by atoms with Crippen LogP contribution in [-0.2, 0) is 24.5 Å². The Morgan fingerprint density at radius 2 is 1.63 bits per heavy atom. The minimum absolute atomic E-state index is 0.0950. The summed E-state index contributed by atoms with van der Waals surface area (Å²) in [5.74, 6) is 0.249. The highest BCUT2D eigenvalue weighted by Gasteiger charge is 2.58. The molecule has 3 aromatic carbocycles. The molecule has 5 rings (SSSR count). The number of unbranched alkanes of at least 4 members (excludes halogenated alkanes) is 1. The molecule has 0 spiro atoms. The van der Waals surface area contributed by atoms with E-state index in [1.807, 2.05) is 43.3 Å². The highest BCUT2D eigenvalue weighted by molar-refractivity contribution is 5.95. The summed E-state index contributed by atoms with van der Waals surface area (Å²) in [7, 11) is 1.43. The van der Waals surface area contributed by atoms with Crippen molar-refractivity contribution in [3.63, 3.8) is 0 Å². The lowest BCUT2D eigenvalue weighted by molar-refractivity contribution is -0.140. The quantitative estimate of drug-likeness (QED) is 0.100. The molecule has 2 fully saturated rings. The minimum Gasteiger partial charge on any atom is -0.469 e. The van der Waals surface area contributed by atoms with Gasteiger partial charge in [-0.15, -0.1) is 0 Å². The number of fused-ring (bicyclic) bond motifs is 2. The van der Waals surface area contributed by atoms with Gasteiger partial charge >= 0.3 is 5.97 Å². The first-order chi connectivity index (χ1) is 20.0. The molecule has 5 atom stereocenters. The number of ketones is 1. The zero-order valence-corrected chi connectivity index (χ0v) is 24.1. The van der Waals surface area contributed by atoms with Crippen molar-refractivity contribution in [1.29, 1.82) is 0 Å². The lowest BCUT2D eigenvalue weighted by Gasteiger charge is -2.38. The van der Waals surface area contributed by atoms with Crippen LogP contribution in [0.3, 0.4) is 0 Å². The molecule has 0 aromatic heterocycles. The number of hydrogen-bond donors (Lipinski definition) is 0. The van der Waals surface area contributed by atoms with Crippen LogP contribution in [-0.4, -0.2) is 31.6 Å². The van der Waals surface area contributed by atoms with Crippen LogP contribution in [0.5, 0.6) is 0 Å². The molecule has 1 saturated carbocycles. The second-order valence-electron chi connectivity index (χ2n) is 11.4. The van der Waals surface area contributed by atoms with E-state index in [1.165, 1.54) is 23.8 Å². The summed E-state index contributed by atoms with van der Waals surface area (Å²) in [6.07, 6.45) is 12.4. The largest absolute Gasteiger partial charge is 0.469 e. The smallest absolute Gasteiger partial charge is 0.305 e. The number of carbonyl (C=O) groups excluding carboxylic acids is 2. The summed E-state index contributed by atoms with van der Waals surface area (Å²) < 4.78 is 11.2. The first-order valence-electron chi connectivity index (χ1n) is 14.8. The van der Waals surface area contributed by atoms with Gasteiger partial charge in [-0.1, -0.05) is 110 Å². The van der Waals surface area contributed by atoms with Crippen LogP contribution in [0.1, 0.15) is 56.1 Å². The van der Waals surface area contributed by atoms with Crippen LogP contribution in [0.4, 0.5) is 0 Å². The van der Waals surface area contributed by atoms with Crippen molar-refractivity contribution < 1.29 is 19.1 Å². The zero-order valence-electron chi connectivity index (χ0n) is 24.1. The number of allylic oxidation sites excluding steroid dienone is 3. The van der Waals surface area contributed by atoms with Crippen LogP contribution < -0.4 is 0 Å². The van der Waals surface area contributed by atoms with Crippen LogP contribution in [0.25, 0.3) is 11.1 Å². The van der Waals surface area contributed by atoms with Gasteiger partial charge in [0, 0.05) is 23.7 Å². The Balaban J connectivity index is 1.36. The highest BCUT2D eigenvalue weighted by Crippen LogP contribution is 2.57. The Morgan fingerprint density at radius 1 is 0.951 bits per heavy atom. The number of esters is 1. The zero-order chi connectivity index (χ0) is 28.7. The molecule has 0 amide bonds. The Kier molecular flexibility index (Phi) is 9.31. The summed E-state index contributed by atoms with van der Waals surface area (Å²) in [5, 5.41) is 0. The first-order valence-corrected chi connectivity index (χ1v) is 14.8. The monoisotopic (exact) mass is 548 g/mol. The molecule has 1 saturated heterocycles. The molecule has 0 radical (unpaired) electrons. The van der Waals surface area contributed by atoms with E-state index in [1.54, 1.807) is 6.08 Å². The van der Waals surface area contributed by atoms with E-state index >= 15 is 0 Å². The van der Waals surface area contributed by atoms with Crippen molar-refractivity contribution >= 4 is 11.8 Å². The fraction of sp³-hybridized carbons (Fsp3) is 0.351. The Morgan fingerprint density at radius 3 is 2.34 bits per heavy atom. The molecule has 212 valence electrons. The second kappa shape index (κ2) is 13.3. The van der Waals surface area contributed by atoms with Gasteiger partial charge in [0.15, 0.2) is 5.78 Å². The molecule has 1 aliphatic heterocycles. The van der Waals surface area contributed by atoms with Gasteiger partial charge < -0.3 is 9.47 Å². The molecule has 4 heteroatoms. The Bertz CT molecular complexity index is 1360. The van der Waals surface area contributed by atoms with Crippen LogP contribution in [0.2, 0.25) is 0 Å². The number of benzene rings is 3. The fourth-order valence-corrected chi connectivity index (χ4v) is 6.63. The van der Waals surface area contributed by atoms with Crippen molar-refractivity contribution in [3.8, 4) is 11.1 Å². The summed E-state index contributed by atoms with van der Waals surface area (Å²) >= 11 is 0. The standard InChI is InChI=1S/C37H40O4/c1-27(28-13-7-5-8-14-28)34(38)24-23-32-33(17-11-3-4-12-18-36(39)40-2)37(25-35(32)41-26-37)31-21-19-30(20-22-31)29-15-9-6-10-16-29/h3,5-11,13-16,19-24,27,32-33,35H,4,12,17-18,25-26H2,1-2H3/b11-3-,24-23+/t27?,32-,33-,35-,37-/m0/s1. The molecule has 4 nitrogen and oxygen atoms in total. The third-order valence-electron chi connectivity index (χ3n) is 9.04. The van der Waals surface area contributed by atoms with E-state index < -0.39 is 0 Å². The summed E-state index contributed by atoms with van der Waals surface area (Å²) in [5.41, 5.74) is 4.66. The summed E-state index contributed by atoms with van der Waals surface area (Å²) in [4.78, 5) is 24.6. The van der Waals surface area contributed by atoms with E-state index in [9.17, 15) is 9.59 Å². The maximum Gasteiger partial charge on any atom is 0.305 e. The molecule has 2 aliphatic rings. The van der Waals surface area contributed by atoms with Crippen molar-refractivity contribution in [3.05, 3.63) is 120 Å². The molecule has 1 heterocycles. The maximum absolute atomic E-state index is 13.2. The van der Waals surface area contributed by atoms with E-state index in [0.717, 1.165) is 31.2 Å². The van der Waals surface area contributed by atoms with E-state index in [2.05, 4.69) is 66.8 Å².